The molecule has 1 rings (SSSR count). The average molecular weight is 650 g/mol. The molecule has 0 heterocycles. The molecule has 46 heavy (non-hydrogen) atoms. The predicted molar refractivity (Wildman–Crippen MR) is 172 cm³/mol. The quantitative estimate of drug-likeness (QED) is 0.118. The second-order valence-corrected chi connectivity index (χ2v) is 12.0. The lowest BCUT2D eigenvalue weighted by molar-refractivity contribution is -0.132. The molecule has 0 aromatic heterocycles. The van der Waals surface area contributed by atoms with E-state index in [0.717, 1.165) is 6.42 Å². The Kier molecular flexibility index (Phi) is 17.2. The highest BCUT2D eigenvalue weighted by molar-refractivity contribution is 5.99. The van der Waals surface area contributed by atoms with Gasteiger partial charge in [-0.2, -0.15) is 0 Å². The third-order valence-corrected chi connectivity index (χ3v) is 6.42. The van der Waals surface area contributed by atoms with Gasteiger partial charge in [-0.05, 0) is 51.7 Å². The van der Waals surface area contributed by atoms with E-state index in [4.69, 9.17) is 14.2 Å². The summed E-state index contributed by atoms with van der Waals surface area (Å²) in [5, 5.41) is 13.5. The van der Waals surface area contributed by atoms with Gasteiger partial charge >= 0.3 is 12.1 Å². The number of benzene rings is 1. The van der Waals surface area contributed by atoms with Crippen LogP contribution < -0.4 is 31.3 Å². The summed E-state index contributed by atoms with van der Waals surface area (Å²) in [4.78, 5) is 74.8. The molecule has 0 aliphatic carbocycles. The van der Waals surface area contributed by atoms with Crippen molar-refractivity contribution in [3.05, 3.63) is 23.8 Å². The van der Waals surface area contributed by atoms with E-state index in [2.05, 4.69) is 26.6 Å². The standard InChI is InChI=1S/C32H51N5O9/c1-9-11-13-23(36-29(41)27(20(3)4)37-25(38)10-2)28(40)35-21-14-15-22(30(42)44-8)24(18-21)45-19-26(39)33-16-12-17-34-31(43)46-32(5,6)7/h14-15,18,20,23,27H,9-13,16-17,19H2,1-8H3,(H,33,39)(H,34,43)(H,35,40)(H,36,41)(H,37,38)/t23-,27-/m0/s1. The molecule has 1 aromatic rings. The molecular formula is C32H51N5O9. The van der Waals surface area contributed by atoms with Gasteiger partial charge in [-0.1, -0.05) is 40.5 Å². The van der Waals surface area contributed by atoms with Crippen LogP contribution in [0.15, 0.2) is 18.2 Å². The number of amides is 5. The van der Waals surface area contributed by atoms with Crippen molar-refractivity contribution in [2.75, 3.05) is 32.1 Å². The molecule has 5 amide bonds. The molecule has 1 aromatic carbocycles. The van der Waals surface area contributed by atoms with Crippen molar-refractivity contribution >= 4 is 41.4 Å². The van der Waals surface area contributed by atoms with Gasteiger partial charge in [0.1, 0.15) is 29.0 Å². The SMILES string of the molecule is CCCC[C@H](NC(=O)[C@@H](NC(=O)CC)C(C)C)C(=O)Nc1ccc(C(=O)OC)c(OCC(=O)NCCCNC(=O)OC(C)(C)C)c1. The molecule has 0 fully saturated rings. The molecule has 258 valence electrons. The fourth-order valence-corrected chi connectivity index (χ4v) is 3.99. The first-order chi connectivity index (χ1) is 21.6. The Labute approximate surface area is 271 Å². The van der Waals surface area contributed by atoms with Crippen molar-refractivity contribution in [3.8, 4) is 5.75 Å². The van der Waals surface area contributed by atoms with E-state index in [1.165, 1.54) is 25.3 Å². The van der Waals surface area contributed by atoms with Gasteiger partial charge in [0.05, 0.1) is 7.11 Å². The lowest BCUT2D eigenvalue weighted by Gasteiger charge is -2.25. The van der Waals surface area contributed by atoms with Crippen molar-refractivity contribution < 1.29 is 43.0 Å². The molecule has 0 unspecified atom stereocenters. The number of hydrogen-bond acceptors (Lipinski definition) is 9. The minimum absolute atomic E-state index is 0.00249. The number of ether oxygens (including phenoxy) is 3. The molecule has 0 aliphatic heterocycles. The van der Waals surface area contributed by atoms with Crippen LogP contribution in [0.25, 0.3) is 0 Å². The molecule has 0 aliphatic rings. The average Bonchev–Trinajstić information content (AvgIpc) is 2.98. The van der Waals surface area contributed by atoms with E-state index < -0.39 is 54.1 Å². The first-order valence-electron chi connectivity index (χ1n) is 15.6. The molecule has 0 spiro atoms. The number of unbranched alkanes of at least 4 members (excludes halogenated alkanes) is 1. The minimum Gasteiger partial charge on any atom is -0.483 e. The number of alkyl carbamates (subject to hydrolysis) is 1. The Morgan fingerprint density at radius 3 is 2.13 bits per heavy atom. The first-order valence-corrected chi connectivity index (χ1v) is 15.6. The van der Waals surface area contributed by atoms with E-state index >= 15 is 0 Å². The largest absolute Gasteiger partial charge is 0.483 e. The molecule has 14 heteroatoms. The van der Waals surface area contributed by atoms with Gasteiger partial charge in [0.2, 0.25) is 17.7 Å². The third-order valence-electron chi connectivity index (χ3n) is 6.42. The van der Waals surface area contributed by atoms with Crippen LogP contribution in [0.5, 0.6) is 5.75 Å². The van der Waals surface area contributed by atoms with E-state index in [1.807, 2.05) is 6.92 Å². The van der Waals surface area contributed by atoms with Crippen molar-refractivity contribution in [1.29, 1.82) is 0 Å². The Morgan fingerprint density at radius 1 is 0.870 bits per heavy atom. The zero-order valence-corrected chi connectivity index (χ0v) is 28.3. The van der Waals surface area contributed by atoms with Crippen LogP contribution in [0.2, 0.25) is 0 Å². The molecular weight excluding hydrogens is 598 g/mol. The normalized spacial score (nSPS) is 12.3. The zero-order chi connectivity index (χ0) is 34.9. The van der Waals surface area contributed by atoms with Crippen molar-refractivity contribution in [3.63, 3.8) is 0 Å². The zero-order valence-electron chi connectivity index (χ0n) is 28.3. The van der Waals surface area contributed by atoms with Crippen molar-refractivity contribution in [1.82, 2.24) is 21.3 Å². The second-order valence-electron chi connectivity index (χ2n) is 12.0. The minimum atomic E-state index is -0.896. The van der Waals surface area contributed by atoms with Crippen LogP contribution in [0.1, 0.15) is 90.9 Å². The Bertz CT molecular complexity index is 1200. The summed E-state index contributed by atoms with van der Waals surface area (Å²) in [5.74, 6) is -2.62. The number of carbonyl (C=O) groups is 6. The number of nitrogens with one attached hydrogen (secondary N) is 5. The number of methoxy groups -OCH3 is 1. The fraction of sp³-hybridized carbons (Fsp3) is 0.625. The van der Waals surface area contributed by atoms with E-state index in [1.54, 1.807) is 41.5 Å². The Balaban J connectivity index is 2.91. The highest BCUT2D eigenvalue weighted by Gasteiger charge is 2.28. The van der Waals surface area contributed by atoms with Crippen LogP contribution in [0.4, 0.5) is 10.5 Å². The maximum Gasteiger partial charge on any atom is 0.407 e. The van der Waals surface area contributed by atoms with E-state index in [-0.39, 0.29) is 48.3 Å². The monoisotopic (exact) mass is 649 g/mol. The van der Waals surface area contributed by atoms with Gasteiger partial charge in [0, 0.05) is 31.3 Å². The van der Waals surface area contributed by atoms with Crippen LogP contribution in [0, 0.1) is 5.92 Å². The lowest BCUT2D eigenvalue weighted by Crippen LogP contribution is -2.54. The molecule has 0 saturated heterocycles. The predicted octanol–water partition coefficient (Wildman–Crippen LogP) is 3.05. The third kappa shape index (κ3) is 15.1. The number of carbonyl (C=O) groups excluding carboxylic acids is 6. The van der Waals surface area contributed by atoms with E-state index in [9.17, 15) is 28.8 Å². The Morgan fingerprint density at radius 2 is 1.54 bits per heavy atom. The fourth-order valence-electron chi connectivity index (χ4n) is 3.99. The summed E-state index contributed by atoms with van der Waals surface area (Å²) in [6.45, 7) is 12.6. The number of esters is 1. The molecule has 0 saturated carbocycles. The van der Waals surface area contributed by atoms with Gasteiger partial charge in [-0.15, -0.1) is 0 Å². The summed E-state index contributed by atoms with van der Waals surface area (Å²) in [6.07, 6.45) is 1.92. The number of hydrogen-bond donors (Lipinski definition) is 5. The van der Waals surface area contributed by atoms with E-state index in [0.29, 0.717) is 19.3 Å². The summed E-state index contributed by atoms with van der Waals surface area (Å²) < 4.78 is 15.6. The lowest BCUT2D eigenvalue weighted by atomic mass is 10.0. The summed E-state index contributed by atoms with van der Waals surface area (Å²) >= 11 is 0. The first kappa shape index (κ1) is 39.7. The summed E-state index contributed by atoms with van der Waals surface area (Å²) in [6, 6.07) is 2.56. The van der Waals surface area contributed by atoms with Crippen molar-refractivity contribution in [2.45, 2.75) is 98.3 Å². The van der Waals surface area contributed by atoms with Crippen LogP contribution in [-0.4, -0.2) is 80.2 Å². The van der Waals surface area contributed by atoms with Gasteiger partial charge < -0.3 is 40.8 Å². The van der Waals surface area contributed by atoms with Crippen LogP contribution in [0.3, 0.4) is 0 Å². The summed E-state index contributed by atoms with van der Waals surface area (Å²) in [7, 11) is 1.20. The Hall–Kier alpha value is -4.36. The highest BCUT2D eigenvalue weighted by atomic mass is 16.6. The summed E-state index contributed by atoms with van der Waals surface area (Å²) in [5.41, 5.74) is -0.314. The number of anilines is 1. The molecule has 0 radical (unpaired) electrons. The second kappa shape index (κ2) is 19.9. The topological polar surface area (TPSA) is 190 Å². The maximum absolute atomic E-state index is 13.3. The molecule has 2 atom stereocenters. The van der Waals surface area contributed by atoms with Gasteiger partial charge in [-0.25, -0.2) is 9.59 Å². The van der Waals surface area contributed by atoms with Gasteiger partial charge in [0.15, 0.2) is 6.61 Å². The highest BCUT2D eigenvalue weighted by Crippen LogP contribution is 2.25. The smallest absolute Gasteiger partial charge is 0.407 e. The van der Waals surface area contributed by atoms with Crippen molar-refractivity contribution in [2.24, 2.45) is 5.92 Å². The molecule has 5 N–H and O–H groups in total. The van der Waals surface area contributed by atoms with Gasteiger partial charge in [0.25, 0.3) is 5.91 Å². The molecule has 0 bridgehead atoms. The van der Waals surface area contributed by atoms with Crippen LogP contribution in [-0.2, 0) is 28.7 Å². The van der Waals surface area contributed by atoms with Gasteiger partial charge in [-0.3, -0.25) is 19.2 Å². The maximum atomic E-state index is 13.3. The number of rotatable bonds is 18. The van der Waals surface area contributed by atoms with Crippen LogP contribution >= 0.6 is 0 Å². The molecule has 14 nitrogen and oxygen atoms in total.